The number of esters is 1. The standard InChI is InChI=1S/C31H37N5O4/c1-31(2,3)40-30(37)7-6-12-35-20-22(17-33-35)29-18-32-27-11-10-23(15-28(27)34-29)36(19-21-8-9-21)24-13-25(38-4)16-26(14-24)39-5/h10-11,13-18,20-21H,6-9,12,19H2,1-5H3. The molecule has 0 unspecified atom stereocenters. The van der Waals surface area contributed by atoms with Crippen LogP contribution in [0.5, 0.6) is 11.5 Å². The lowest BCUT2D eigenvalue weighted by atomic mass is 10.1. The summed E-state index contributed by atoms with van der Waals surface area (Å²) in [7, 11) is 3.33. The van der Waals surface area contributed by atoms with Crippen LogP contribution in [0.4, 0.5) is 11.4 Å². The molecule has 9 heteroatoms. The third kappa shape index (κ3) is 6.89. The normalized spacial score (nSPS) is 13.3. The number of hydrogen-bond acceptors (Lipinski definition) is 8. The van der Waals surface area contributed by atoms with E-state index in [1.807, 2.05) is 55.9 Å². The van der Waals surface area contributed by atoms with E-state index in [0.717, 1.165) is 51.7 Å². The summed E-state index contributed by atoms with van der Waals surface area (Å²) in [4.78, 5) is 23.9. The van der Waals surface area contributed by atoms with Crippen molar-refractivity contribution in [1.82, 2.24) is 19.7 Å². The number of aromatic nitrogens is 4. The molecule has 1 aliphatic rings. The summed E-state index contributed by atoms with van der Waals surface area (Å²) in [5, 5.41) is 4.47. The van der Waals surface area contributed by atoms with Crippen molar-refractivity contribution >= 4 is 28.4 Å². The van der Waals surface area contributed by atoms with E-state index in [9.17, 15) is 4.79 Å². The third-order valence-corrected chi connectivity index (χ3v) is 6.74. The molecule has 9 nitrogen and oxygen atoms in total. The molecule has 1 fully saturated rings. The zero-order valence-electron chi connectivity index (χ0n) is 23.9. The molecule has 0 radical (unpaired) electrons. The number of benzene rings is 2. The smallest absolute Gasteiger partial charge is 0.306 e. The van der Waals surface area contributed by atoms with Crippen LogP contribution in [0.1, 0.15) is 46.5 Å². The highest BCUT2D eigenvalue weighted by molar-refractivity contribution is 5.82. The van der Waals surface area contributed by atoms with Crippen LogP contribution in [-0.4, -0.2) is 52.1 Å². The Hall–Kier alpha value is -4.14. The monoisotopic (exact) mass is 543 g/mol. The molecule has 5 rings (SSSR count). The second-order valence-electron chi connectivity index (χ2n) is 11.2. The Labute approximate surface area is 235 Å². The van der Waals surface area contributed by atoms with Crippen molar-refractivity contribution in [2.24, 2.45) is 5.92 Å². The number of aryl methyl sites for hydroxylation is 1. The molecule has 2 aromatic heterocycles. The van der Waals surface area contributed by atoms with Gasteiger partial charge in [-0.15, -0.1) is 0 Å². The maximum absolute atomic E-state index is 12.0. The largest absolute Gasteiger partial charge is 0.497 e. The van der Waals surface area contributed by atoms with Crippen molar-refractivity contribution < 1.29 is 19.0 Å². The molecule has 1 saturated carbocycles. The molecule has 1 aliphatic carbocycles. The number of methoxy groups -OCH3 is 2. The number of rotatable bonds is 11. The molecule has 0 spiro atoms. The van der Waals surface area contributed by atoms with Gasteiger partial charge in [-0.25, -0.2) is 4.98 Å². The number of hydrogen-bond donors (Lipinski definition) is 0. The fourth-order valence-corrected chi connectivity index (χ4v) is 4.57. The Morgan fingerprint density at radius 3 is 2.42 bits per heavy atom. The van der Waals surface area contributed by atoms with Crippen LogP contribution >= 0.6 is 0 Å². The Kier molecular flexibility index (Phi) is 7.91. The van der Waals surface area contributed by atoms with Gasteiger partial charge >= 0.3 is 5.97 Å². The third-order valence-electron chi connectivity index (χ3n) is 6.74. The van der Waals surface area contributed by atoms with Crippen LogP contribution in [0.15, 0.2) is 55.0 Å². The van der Waals surface area contributed by atoms with Crippen molar-refractivity contribution in [2.75, 3.05) is 25.7 Å². The van der Waals surface area contributed by atoms with E-state index < -0.39 is 5.60 Å². The molecule has 210 valence electrons. The molecule has 0 amide bonds. The fraction of sp³-hybridized carbons (Fsp3) is 0.419. The molecule has 2 aromatic carbocycles. The first-order chi connectivity index (χ1) is 19.2. The molecule has 0 bridgehead atoms. The maximum atomic E-state index is 12.0. The van der Waals surface area contributed by atoms with E-state index in [2.05, 4.69) is 27.1 Å². The lowest BCUT2D eigenvalue weighted by molar-refractivity contribution is -0.154. The summed E-state index contributed by atoms with van der Waals surface area (Å²) in [5.41, 5.74) is 4.85. The molecule has 40 heavy (non-hydrogen) atoms. The van der Waals surface area contributed by atoms with Gasteiger partial charge < -0.3 is 19.1 Å². The highest BCUT2D eigenvalue weighted by Gasteiger charge is 2.26. The summed E-state index contributed by atoms with van der Waals surface area (Å²) in [6.45, 7) is 7.14. The Morgan fingerprint density at radius 2 is 1.75 bits per heavy atom. The minimum Gasteiger partial charge on any atom is -0.497 e. The van der Waals surface area contributed by atoms with E-state index in [4.69, 9.17) is 19.2 Å². The van der Waals surface area contributed by atoms with E-state index in [1.165, 1.54) is 12.8 Å². The van der Waals surface area contributed by atoms with Crippen LogP contribution in [0, 0.1) is 5.92 Å². The van der Waals surface area contributed by atoms with Gasteiger partial charge in [-0.3, -0.25) is 14.5 Å². The lowest BCUT2D eigenvalue weighted by Gasteiger charge is -2.26. The van der Waals surface area contributed by atoms with E-state index in [-0.39, 0.29) is 5.97 Å². The molecule has 0 N–H and O–H groups in total. The molecule has 4 aromatic rings. The van der Waals surface area contributed by atoms with E-state index in [0.29, 0.717) is 25.3 Å². The van der Waals surface area contributed by atoms with Gasteiger partial charge in [-0.2, -0.15) is 5.10 Å². The van der Waals surface area contributed by atoms with Gasteiger partial charge in [0.15, 0.2) is 0 Å². The second-order valence-corrected chi connectivity index (χ2v) is 11.2. The number of carbonyl (C=O) groups is 1. The zero-order valence-corrected chi connectivity index (χ0v) is 23.9. The topological polar surface area (TPSA) is 91.6 Å². The Morgan fingerprint density at radius 1 is 1.00 bits per heavy atom. The van der Waals surface area contributed by atoms with Crippen LogP contribution in [0.2, 0.25) is 0 Å². The van der Waals surface area contributed by atoms with Crippen molar-refractivity contribution in [3.05, 3.63) is 55.0 Å². The van der Waals surface area contributed by atoms with Gasteiger partial charge in [0.1, 0.15) is 17.1 Å². The van der Waals surface area contributed by atoms with Crippen LogP contribution < -0.4 is 14.4 Å². The minimum absolute atomic E-state index is 0.195. The maximum Gasteiger partial charge on any atom is 0.306 e. The second kappa shape index (κ2) is 11.5. The molecule has 0 aliphatic heterocycles. The van der Waals surface area contributed by atoms with Crippen molar-refractivity contribution in [2.45, 2.75) is 58.6 Å². The average molecular weight is 544 g/mol. The summed E-state index contributed by atoms with van der Waals surface area (Å²) < 4.78 is 18.3. The SMILES string of the molecule is COc1cc(OC)cc(N(CC2CC2)c2ccc3ncc(-c4cnn(CCCC(=O)OC(C)(C)C)c4)nc3c2)c1. The van der Waals surface area contributed by atoms with Gasteiger partial charge in [-0.1, -0.05) is 0 Å². The highest BCUT2D eigenvalue weighted by Crippen LogP contribution is 2.38. The first kappa shape index (κ1) is 27.4. The molecule has 0 atom stereocenters. The summed E-state index contributed by atoms with van der Waals surface area (Å²) in [6, 6.07) is 12.1. The van der Waals surface area contributed by atoms with Crippen molar-refractivity contribution in [1.29, 1.82) is 0 Å². The van der Waals surface area contributed by atoms with Crippen molar-refractivity contribution in [3.8, 4) is 22.8 Å². The van der Waals surface area contributed by atoms with Crippen LogP contribution in [-0.2, 0) is 16.1 Å². The summed E-state index contributed by atoms with van der Waals surface area (Å²) >= 11 is 0. The van der Waals surface area contributed by atoms with Crippen LogP contribution in [0.3, 0.4) is 0 Å². The predicted molar refractivity (Wildman–Crippen MR) is 155 cm³/mol. The quantitative estimate of drug-likeness (QED) is 0.207. The number of nitrogens with zero attached hydrogens (tertiary/aromatic N) is 5. The first-order valence-corrected chi connectivity index (χ1v) is 13.7. The van der Waals surface area contributed by atoms with Crippen LogP contribution in [0.25, 0.3) is 22.3 Å². The Balaban J connectivity index is 1.36. The number of fused-ring (bicyclic) bond motifs is 1. The van der Waals surface area contributed by atoms with E-state index >= 15 is 0 Å². The molecular weight excluding hydrogens is 506 g/mol. The van der Waals surface area contributed by atoms with Gasteiger partial charge in [0.2, 0.25) is 0 Å². The fourth-order valence-electron chi connectivity index (χ4n) is 4.57. The lowest BCUT2D eigenvalue weighted by Crippen LogP contribution is -2.23. The summed E-state index contributed by atoms with van der Waals surface area (Å²) in [6.07, 6.45) is 8.97. The molecule has 0 saturated heterocycles. The number of anilines is 2. The number of ether oxygens (including phenoxy) is 3. The number of carbonyl (C=O) groups excluding carboxylic acids is 1. The zero-order chi connectivity index (χ0) is 28.3. The minimum atomic E-state index is -0.472. The molecule has 2 heterocycles. The van der Waals surface area contributed by atoms with Gasteiger partial charge in [0.05, 0.1) is 43.3 Å². The highest BCUT2D eigenvalue weighted by atomic mass is 16.6. The van der Waals surface area contributed by atoms with Gasteiger partial charge in [0.25, 0.3) is 0 Å². The first-order valence-electron chi connectivity index (χ1n) is 13.7. The molecular formula is C31H37N5O4. The van der Waals surface area contributed by atoms with E-state index in [1.54, 1.807) is 26.6 Å². The summed E-state index contributed by atoms with van der Waals surface area (Å²) in [5.74, 6) is 1.97. The predicted octanol–water partition coefficient (Wildman–Crippen LogP) is 6.18. The van der Waals surface area contributed by atoms with Gasteiger partial charge in [-0.05, 0) is 64.2 Å². The van der Waals surface area contributed by atoms with Crippen molar-refractivity contribution in [3.63, 3.8) is 0 Å². The van der Waals surface area contributed by atoms with Gasteiger partial charge in [0, 0.05) is 60.8 Å². The Bertz CT molecular complexity index is 1470. The average Bonchev–Trinajstić information content (AvgIpc) is 3.64.